The zero-order chi connectivity index (χ0) is 25.4. The van der Waals surface area contributed by atoms with Crippen molar-refractivity contribution in [1.29, 1.82) is 0 Å². The van der Waals surface area contributed by atoms with Gasteiger partial charge in [0.05, 0.1) is 33.8 Å². The van der Waals surface area contributed by atoms with Crippen LogP contribution < -0.4 is 24.8 Å². The predicted molar refractivity (Wildman–Crippen MR) is 118 cm³/mol. The molecule has 0 bridgehead atoms. The maximum Gasteiger partial charge on any atom is 0.305 e. The van der Waals surface area contributed by atoms with Crippen molar-refractivity contribution in [2.45, 2.75) is 44.3 Å². The lowest BCUT2D eigenvalue weighted by molar-refractivity contribution is -0.141. The van der Waals surface area contributed by atoms with E-state index in [4.69, 9.17) is 19.3 Å². The zero-order valence-corrected chi connectivity index (χ0v) is 19.5. The lowest BCUT2D eigenvalue weighted by atomic mass is 10.1. The first kappa shape index (κ1) is 26.4. The molecular weight excluding hydrogens is 450 g/mol. The first-order chi connectivity index (χ1) is 16.2. The molecule has 0 radical (unpaired) electrons. The highest BCUT2D eigenvalue weighted by atomic mass is 16.5. The molecule has 12 nitrogen and oxygen atoms in total. The highest BCUT2D eigenvalue weighted by Crippen LogP contribution is 2.38. The molecule has 3 N–H and O–H groups in total. The van der Waals surface area contributed by atoms with Gasteiger partial charge in [0, 0.05) is 12.1 Å². The lowest BCUT2D eigenvalue weighted by Crippen LogP contribution is -2.54. The van der Waals surface area contributed by atoms with Crippen LogP contribution >= 0.6 is 0 Å². The Morgan fingerprint density at radius 3 is 2.24 bits per heavy atom. The van der Waals surface area contributed by atoms with Crippen LogP contribution in [0.1, 0.15) is 36.5 Å². The summed E-state index contributed by atoms with van der Waals surface area (Å²) in [6.45, 7) is 1.77. The van der Waals surface area contributed by atoms with Gasteiger partial charge in [0.1, 0.15) is 18.4 Å². The van der Waals surface area contributed by atoms with E-state index in [-0.39, 0.29) is 23.6 Å². The number of methoxy groups -OCH3 is 3. The van der Waals surface area contributed by atoms with Gasteiger partial charge >= 0.3 is 5.97 Å². The molecule has 0 saturated carbocycles. The Morgan fingerprint density at radius 1 is 1.12 bits per heavy atom. The third kappa shape index (κ3) is 6.15. The molecule has 34 heavy (non-hydrogen) atoms. The van der Waals surface area contributed by atoms with Crippen LogP contribution in [-0.4, -0.2) is 86.0 Å². The van der Waals surface area contributed by atoms with Crippen molar-refractivity contribution in [3.05, 3.63) is 17.7 Å². The summed E-state index contributed by atoms with van der Waals surface area (Å²) in [6, 6.07) is -0.144. The fraction of sp³-hybridized carbons (Fsp3) is 0.500. The number of carbonyl (C=O) groups excluding carboxylic acids is 4. The van der Waals surface area contributed by atoms with Gasteiger partial charge in [-0.05, 0) is 31.9 Å². The van der Waals surface area contributed by atoms with Crippen molar-refractivity contribution < 1.29 is 43.3 Å². The number of ether oxygens (including phenoxy) is 3. The number of likely N-dealkylation sites (tertiary alicyclic amines) is 1. The van der Waals surface area contributed by atoms with Crippen LogP contribution in [0.5, 0.6) is 17.2 Å². The molecule has 12 heteroatoms. The Balaban J connectivity index is 2.11. The van der Waals surface area contributed by atoms with E-state index in [2.05, 4.69) is 10.6 Å². The van der Waals surface area contributed by atoms with Crippen molar-refractivity contribution >= 4 is 30.0 Å². The van der Waals surface area contributed by atoms with Crippen LogP contribution in [-0.2, 0) is 19.2 Å². The van der Waals surface area contributed by atoms with E-state index < -0.39 is 48.2 Å². The summed E-state index contributed by atoms with van der Waals surface area (Å²) in [5, 5.41) is 13.8. The minimum Gasteiger partial charge on any atom is -0.493 e. The summed E-state index contributed by atoms with van der Waals surface area (Å²) < 4.78 is 15.7. The van der Waals surface area contributed by atoms with Crippen molar-refractivity contribution in [1.82, 2.24) is 15.5 Å². The van der Waals surface area contributed by atoms with Crippen molar-refractivity contribution in [3.63, 3.8) is 0 Å². The lowest BCUT2D eigenvalue weighted by Gasteiger charge is -2.28. The maximum atomic E-state index is 13.0. The quantitative estimate of drug-likeness (QED) is 0.371. The van der Waals surface area contributed by atoms with Gasteiger partial charge in [0.15, 0.2) is 11.5 Å². The van der Waals surface area contributed by atoms with Gasteiger partial charge in [-0.3, -0.25) is 19.2 Å². The first-order valence-corrected chi connectivity index (χ1v) is 10.6. The summed E-state index contributed by atoms with van der Waals surface area (Å²) in [6.07, 6.45) is 0.677. The van der Waals surface area contributed by atoms with Crippen LogP contribution in [0, 0.1) is 0 Å². The number of nitrogens with zero attached hydrogens (tertiary/aromatic N) is 1. The van der Waals surface area contributed by atoms with Gasteiger partial charge in [-0.2, -0.15) is 0 Å². The Morgan fingerprint density at radius 2 is 1.74 bits per heavy atom. The second kappa shape index (κ2) is 11.9. The number of amides is 3. The van der Waals surface area contributed by atoms with E-state index in [1.807, 2.05) is 0 Å². The topological polar surface area (TPSA) is 161 Å². The Labute approximate surface area is 196 Å². The SMILES string of the molecule is COc1cc(C(=O)N[C@@H](C)C(=O)N2CCC[C@H]2C(=O)N[C@H](C=O)CC(=O)O)cc(OC)c1OC. The fourth-order valence-corrected chi connectivity index (χ4v) is 3.71. The van der Waals surface area contributed by atoms with Crippen molar-refractivity contribution in [3.8, 4) is 17.2 Å². The van der Waals surface area contributed by atoms with Gasteiger partial charge in [0.25, 0.3) is 5.91 Å². The van der Waals surface area contributed by atoms with Crippen LogP contribution in [0.3, 0.4) is 0 Å². The molecule has 1 aromatic rings. The molecule has 0 aromatic heterocycles. The fourth-order valence-electron chi connectivity index (χ4n) is 3.71. The molecule has 3 atom stereocenters. The summed E-state index contributed by atoms with van der Waals surface area (Å²) in [5.41, 5.74) is 0.173. The monoisotopic (exact) mass is 479 g/mol. The number of aldehydes is 1. The molecule has 1 heterocycles. The van der Waals surface area contributed by atoms with Crippen LogP contribution in [0.4, 0.5) is 0 Å². The number of nitrogens with one attached hydrogen (secondary N) is 2. The Bertz CT molecular complexity index is 925. The van der Waals surface area contributed by atoms with Gasteiger partial charge < -0.3 is 39.6 Å². The van der Waals surface area contributed by atoms with Gasteiger partial charge in [-0.25, -0.2) is 0 Å². The third-order valence-electron chi connectivity index (χ3n) is 5.37. The van der Waals surface area contributed by atoms with E-state index in [1.54, 1.807) is 0 Å². The number of benzene rings is 1. The highest BCUT2D eigenvalue weighted by Gasteiger charge is 2.37. The van der Waals surface area contributed by atoms with E-state index in [0.29, 0.717) is 24.9 Å². The number of rotatable bonds is 11. The number of carbonyl (C=O) groups is 5. The van der Waals surface area contributed by atoms with E-state index in [0.717, 1.165) is 0 Å². The largest absolute Gasteiger partial charge is 0.493 e. The van der Waals surface area contributed by atoms with Gasteiger partial charge in [0.2, 0.25) is 17.6 Å². The minimum absolute atomic E-state index is 0.173. The maximum absolute atomic E-state index is 13.0. The molecule has 0 aliphatic carbocycles. The number of carboxylic acids is 1. The zero-order valence-electron chi connectivity index (χ0n) is 19.5. The summed E-state index contributed by atoms with van der Waals surface area (Å²) in [5.74, 6) is -2.05. The highest BCUT2D eigenvalue weighted by molar-refractivity contribution is 5.99. The van der Waals surface area contributed by atoms with E-state index in [9.17, 15) is 24.0 Å². The van der Waals surface area contributed by atoms with E-state index in [1.165, 1.54) is 45.3 Å². The Kier molecular flexibility index (Phi) is 9.22. The summed E-state index contributed by atoms with van der Waals surface area (Å²) in [7, 11) is 4.26. The van der Waals surface area contributed by atoms with Crippen molar-refractivity contribution in [2.75, 3.05) is 27.9 Å². The molecular formula is C22H29N3O9. The predicted octanol–water partition coefficient (Wildman–Crippen LogP) is -0.0199. The van der Waals surface area contributed by atoms with Crippen molar-refractivity contribution in [2.24, 2.45) is 0 Å². The molecule has 1 fully saturated rings. The molecule has 1 aliphatic rings. The second-order valence-corrected chi connectivity index (χ2v) is 7.65. The van der Waals surface area contributed by atoms with Crippen LogP contribution in [0.2, 0.25) is 0 Å². The molecule has 2 rings (SSSR count). The molecule has 1 aromatic carbocycles. The summed E-state index contributed by atoms with van der Waals surface area (Å²) >= 11 is 0. The number of aliphatic carboxylic acids is 1. The molecule has 186 valence electrons. The number of hydrogen-bond acceptors (Lipinski definition) is 8. The Hall–Kier alpha value is -3.83. The number of hydrogen-bond donors (Lipinski definition) is 3. The molecule has 1 saturated heterocycles. The van der Waals surface area contributed by atoms with Crippen LogP contribution in [0.25, 0.3) is 0 Å². The smallest absolute Gasteiger partial charge is 0.305 e. The van der Waals surface area contributed by atoms with Gasteiger partial charge in [-0.15, -0.1) is 0 Å². The minimum atomic E-state index is -1.24. The third-order valence-corrected chi connectivity index (χ3v) is 5.37. The van der Waals surface area contributed by atoms with Crippen LogP contribution in [0.15, 0.2) is 12.1 Å². The normalized spacial score (nSPS) is 16.7. The molecule has 1 aliphatic heterocycles. The molecule has 3 amide bonds. The number of carboxylic acid groups (broad SMARTS) is 1. The van der Waals surface area contributed by atoms with E-state index >= 15 is 0 Å². The average molecular weight is 479 g/mol. The standard InChI is InChI=1S/C22H29N3O9/c1-12(23-20(29)13-8-16(32-2)19(34-4)17(9-13)33-3)22(31)25-7-5-6-15(25)21(30)24-14(11-26)10-18(27)28/h8-9,11-12,14-15H,5-7,10H2,1-4H3,(H,23,29)(H,24,30)(H,27,28)/t12-,14-,15-/m0/s1. The van der Waals surface area contributed by atoms with Gasteiger partial charge in [-0.1, -0.05) is 0 Å². The summed E-state index contributed by atoms with van der Waals surface area (Å²) in [4.78, 5) is 61.6. The second-order valence-electron chi connectivity index (χ2n) is 7.65. The first-order valence-electron chi connectivity index (χ1n) is 10.6. The average Bonchev–Trinajstić information content (AvgIpc) is 3.31. The molecule has 0 unspecified atom stereocenters. The molecule has 0 spiro atoms.